The summed E-state index contributed by atoms with van der Waals surface area (Å²) < 4.78 is 0.921. The highest BCUT2D eigenvalue weighted by Crippen LogP contribution is 2.28. The monoisotopic (exact) mass is 287 g/mol. The fourth-order valence-electron chi connectivity index (χ4n) is 1.89. The lowest BCUT2D eigenvalue weighted by molar-refractivity contribution is 0.0789. The molecule has 0 aromatic carbocycles. The molecule has 1 aromatic heterocycles. The van der Waals surface area contributed by atoms with Gasteiger partial charge in [-0.3, -0.25) is 4.79 Å². The number of hydrogen-bond donors (Lipinski definition) is 0. The summed E-state index contributed by atoms with van der Waals surface area (Å²) in [5.74, 6) is 1.41. The SMILES string of the molecule is CC1CN(C(=O)c2sccc2Br)CC1C. The number of nitrogens with zero attached hydrogens (tertiary/aromatic N) is 1. The van der Waals surface area contributed by atoms with Gasteiger partial charge in [0.15, 0.2) is 0 Å². The smallest absolute Gasteiger partial charge is 0.265 e. The van der Waals surface area contributed by atoms with Gasteiger partial charge in [-0.15, -0.1) is 11.3 Å². The van der Waals surface area contributed by atoms with Crippen molar-refractivity contribution in [3.63, 3.8) is 0 Å². The molecule has 2 heterocycles. The third-order valence-electron chi connectivity index (χ3n) is 3.09. The fraction of sp³-hybridized carbons (Fsp3) is 0.545. The summed E-state index contributed by atoms with van der Waals surface area (Å²) in [7, 11) is 0. The first kappa shape index (κ1) is 11.1. The summed E-state index contributed by atoms with van der Waals surface area (Å²) in [6.45, 7) is 6.21. The molecular formula is C11H14BrNOS. The number of thiophene rings is 1. The maximum atomic E-state index is 12.1. The summed E-state index contributed by atoms with van der Waals surface area (Å²) in [6.07, 6.45) is 0. The van der Waals surface area contributed by atoms with E-state index < -0.39 is 0 Å². The molecule has 4 heteroatoms. The van der Waals surface area contributed by atoms with Crippen molar-refractivity contribution >= 4 is 33.2 Å². The highest BCUT2D eigenvalue weighted by atomic mass is 79.9. The lowest BCUT2D eigenvalue weighted by Crippen LogP contribution is -2.28. The van der Waals surface area contributed by atoms with Crippen LogP contribution in [0.4, 0.5) is 0 Å². The highest BCUT2D eigenvalue weighted by molar-refractivity contribution is 9.10. The molecule has 1 aliphatic heterocycles. The Kier molecular flexibility index (Phi) is 3.16. The van der Waals surface area contributed by atoms with Gasteiger partial charge >= 0.3 is 0 Å². The van der Waals surface area contributed by atoms with Gasteiger partial charge in [-0.2, -0.15) is 0 Å². The van der Waals surface area contributed by atoms with E-state index in [0.717, 1.165) is 22.4 Å². The molecule has 1 amide bonds. The first-order chi connectivity index (χ1) is 7.09. The van der Waals surface area contributed by atoms with Crippen molar-refractivity contribution in [1.29, 1.82) is 0 Å². The summed E-state index contributed by atoms with van der Waals surface area (Å²) in [4.78, 5) is 14.9. The van der Waals surface area contributed by atoms with E-state index in [9.17, 15) is 4.79 Å². The van der Waals surface area contributed by atoms with E-state index in [1.54, 1.807) is 0 Å². The fourth-order valence-corrected chi connectivity index (χ4v) is 3.39. The van der Waals surface area contributed by atoms with Crippen LogP contribution in [0.15, 0.2) is 15.9 Å². The Hall–Kier alpha value is -0.350. The Morgan fingerprint density at radius 3 is 2.53 bits per heavy atom. The molecule has 2 atom stereocenters. The Morgan fingerprint density at radius 1 is 1.47 bits per heavy atom. The first-order valence-corrected chi connectivity index (χ1v) is 6.79. The minimum absolute atomic E-state index is 0.174. The number of likely N-dealkylation sites (tertiary alicyclic amines) is 1. The zero-order valence-electron chi connectivity index (χ0n) is 8.87. The molecule has 0 radical (unpaired) electrons. The second-order valence-electron chi connectivity index (χ2n) is 4.26. The van der Waals surface area contributed by atoms with Gasteiger partial charge in [-0.05, 0) is 39.2 Å². The average Bonchev–Trinajstić information content (AvgIpc) is 2.74. The van der Waals surface area contributed by atoms with Crippen molar-refractivity contribution < 1.29 is 4.79 Å². The van der Waals surface area contributed by atoms with Gasteiger partial charge in [0, 0.05) is 17.6 Å². The Labute approximate surface area is 102 Å². The van der Waals surface area contributed by atoms with Crippen molar-refractivity contribution in [3.8, 4) is 0 Å². The molecule has 0 N–H and O–H groups in total. The van der Waals surface area contributed by atoms with Crippen LogP contribution in [0.5, 0.6) is 0 Å². The maximum absolute atomic E-state index is 12.1. The Bertz CT molecular complexity index is 366. The Morgan fingerprint density at radius 2 is 2.07 bits per heavy atom. The number of halogens is 1. The summed E-state index contributed by atoms with van der Waals surface area (Å²) >= 11 is 4.92. The van der Waals surface area contributed by atoms with Crippen LogP contribution in [0, 0.1) is 11.8 Å². The maximum Gasteiger partial charge on any atom is 0.265 e. The molecule has 0 bridgehead atoms. The number of carbonyl (C=O) groups is 1. The third kappa shape index (κ3) is 2.11. The van der Waals surface area contributed by atoms with Gasteiger partial charge in [0.05, 0.1) is 0 Å². The van der Waals surface area contributed by atoms with Crippen molar-refractivity contribution in [2.24, 2.45) is 11.8 Å². The molecule has 0 spiro atoms. The van der Waals surface area contributed by atoms with E-state index >= 15 is 0 Å². The molecule has 2 rings (SSSR count). The van der Waals surface area contributed by atoms with Crippen molar-refractivity contribution in [1.82, 2.24) is 4.90 Å². The van der Waals surface area contributed by atoms with E-state index in [1.807, 2.05) is 16.3 Å². The zero-order valence-corrected chi connectivity index (χ0v) is 11.3. The number of rotatable bonds is 1. The van der Waals surface area contributed by atoms with E-state index in [4.69, 9.17) is 0 Å². The summed E-state index contributed by atoms with van der Waals surface area (Å²) in [5.41, 5.74) is 0. The molecule has 0 saturated carbocycles. The molecule has 1 aliphatic rings. The number of amides is 1. The molecular weight excluding hydrogens is 274 g/mol. The van der Waals surface area contributed by atoms with Gasteiger partial charge in [0.1, 0.15) is 4.88 Å². The molecule has 15 heavy (non-hydrogen) atoms. The topological polar surface area (TPSA) is 20.3 Å². The molecule has 1 aromatic rings. The first-order valence-electron chi connectivity index (χ1n) is 5.12. The van der Waals surface area contributed by atoms with Gasteiger partial charge in [0.2, 0.25) is 0 Å². The van der Waals surface area contributed by atoms with E-state index in [1.165, 1.54) is 11.3 Å². The van der Waals surface area contributed by atoms with Gasteiger partial charge in [-0.25, -0.2) is 0 Å². The average molecular weight is 288 g/mol. The second-order valence-corrected chi connectivity index (χ2v) is 6.03. The van der Waals surface area contributed by atoms with Crippen LogP contribution in [-0.4, -0.2) is 23.9 Å². The van der Waals surface area contributed by atoms with Gasteiger partial charge in [-0.1, -0.05) is 13.8 Å². The van der Waals surface area contributed by atoms with E-state index in [-0.39, 0.29) is 5.91 Å². The number of carbonyl (C=O) groups excluding carboxylic acids is 1. The Balaban J connectivity index is 2.13. The quantitative estimate of drug-likeness (QED) is 0.777. The van der Waals surface area contributed by atoms with Crippen LogP contribution in [0.3, 0.4) is 0 Å². The lowest BCUT2D eigenvalue weighted by Gasteiger charge is -2.15. The molecule has 82 valence electrons. The summed E-state index contributed by atoms with van der Waals surface area (Å²) in [5, 5.41) is 1.94. The van der Waals surface area contributed by atoms with Crippen molar-refractivity contribution in [3.05, 3.63) is 20.8 Å². The molecule has 1 fully saturated rings. The standard InChI is InChI=1S/C11H14BrNOS/c1-7-5-13(6-8(7)2)11(14)10-9(12)3-4-15-10/h3-4,7-8H,5-6H2,1-2H3. The van der Waals surface area contributed by atoms with Crippen LogP contribution >= 0.6 is 27.3 Å². The molecule has 2 unspecified atom stereocenters. The van der Waals surface area contributed by atoms with Crippen molar-refractivity contribution in [2.45, 2.75) is 13.8 Å². The van der Waals surface area contributed by atoms with Crippen LogP contribution in [-0.2, 0) is 0 Å². The lowest BCUT2D eigenvalue weighted by atomic mass is 10.0. The largest absolute Gasteiger partial charge is 0.337 e. The molecule has 0 aliphatic carbocycles. The summed E-state index contributed by atoms with van der Waals surface area (Å²) in [6, 6.07) is 1.93. The van der Waals surface area contributed by atoms with Crippen LogP contribution in [0.1, 0.15) is 23.5 Å². The number of hydrogen-bond acceptors (Lipinski definition) is 2. The predicted molar refractivity (Wildman–Crippen MR) is 66.3 cm³/mol. The van der Waals surface area contributed by atoms with Crippen molar-refractivity contribution in [2.75, 3.05) is 13.1 Å². The van der Waals surface area contributed by atoms with Gasteiger partial charge in [0.25, 0.3) is 5.91 Å². The third-order valence-corrected chi connectivity index (χ3v) is 4.91. The molecule has 2 nitrogen and oxygen atoms in total. The highest BCUT2D eigenvalue weighted by Gasteiger charge is 2.30. The normalized spacial score (nSPS) is 25.9. The van der Waals surface area contributed by atoms with Crippen LogP contribution < -0.4 is 0 Å². The van der Waals surface area contributed by atoms with Gasteiger partial charge < -0.3 is 4.90 Å². The molecule has 1 saturated heterocycles. The van der Waals surface area contributed by atoms with E-state index in [0.29, 0.717) is 11.8 Å². The minimum Gasteiger partial charge on any atom is -0.337 e. The zero-order chi connectivity index (χ0) is 11.0. The predicted octanol–water partition coefficient (Wildman–Crippen LogP) is 3.24. The van der Waals surface area contributed by atoms with Crippen LogP contribution in [0.2, 0.25) is 0 Å². The van der Waals surface area contributed by atoms with Crippen LogP contribution in [0.25, 0.3) is 0 Å². The second kappa shape index (κ2) is 4.26. The van der Waals surface area contributed by atoms with E-state index in [2.05, 4.69) is 29.8 Å². The minimum atomic E-state index is 0.174.